The van der Waals surface area contributed by atoms with Crippen molar-refractivity contribution in [2.75, 3.05) is 6.54 Å². The summed E-state index contributed by atoms with van der Waals surface area (Å²) in [5.41, 5.74) is 0.915. The molecule has 1 atom stereocenters. The van der Waals surface area contributed by atoms with Crippen LogP contribution in [0.5, 0.6) is 0 Å². The first kappa shape index (κ1) is 15.2. The SMILES string of the molecule is CC(CC(=O)NCCn1ccnn1)Cc1cccc(F)c1. The number of carbonyl (C=O) groups is 1. The number of carbonyl (C=O) groups excluding carboxylic acids is 1. The van der Waals surface area contributed by atoms with Crippen molar-refractivity contribution >= 4 is 5.91 Å². The highest BCUT2D eigenvalue weighted by Gasteiger charge is 2.10. The van der Waals surface area contributed by atoms with Gasteiger partial charge < -0.3 is 5.32 Å². The van der Waals surface area contributed by atoms with Crippen molar-refractivity contribution in [1.82, 2.24) is 20.3 Å². The van der Waals surface area contributed by atoms with E-state index in [1.54, 1.807) is 23.1 Å². The molecule has 5 nitrogen and oxygen atoms in total. The first-order chi connectivity index (χ1) is 10.1. The van der Waals surface area contributed by atoms with Crippen LogP contribution < -0.4 is 5.32 Å². The summed E-state index contributed by atoms with van der Waals surface area (Å²) >= 11 is 0. The highest BCUT2D eigenvalue weighted by atomic mass is 19.1. The molecule has 112 valence electrons. The molecule has 1 aromatic carbocycles. The molecule has 0 fully saturated rings. The third kappa shape index (κ3) is 5.33. The standard InChI is InChI=1S/C15H19FN4O/c1-12(9-13-3-2-4-14(16)11-13)10-15(21)17-5-7-20-8-6-18-19-20/h2-4,6,8,11-12H,5,7,9-10H2,1H3,(H,17,21). The first-order valence-electron chi connectivity index (χ1n) is 6.98. The van der Waals surface area contributed by atoms with E-state index in [1.807, 2.05) is 13.0 Å². The van der Waals surface area contributed by atoms with Crippen molar-refractivity contribution in [2.45, 2.75) is 26.3 Å². The van der Waals surface area contributed by atoms with Gasteiger partial charge >= 0.3 is 0 Å². The normalized spacial score (nSPS) is 12.1. The van der Waals surface area contributed by atoms with Crippen molar-refractivity contribution in [3.8, 4) is 0 Å². The number of rotatable bonds is 7. The predicted molar refractivity (Wildman–Crippen MR) is 76.9 cm³/mol. The van der Waals surface area contributed by atoms with Crippen LogP contribution in [0.2, 0.25) is 0 Å². The third-order valence-corrected chi connectivity index (χ3v) is 3.14. The highest BCUT2D eigenvalue weighted by molar-refractivity contribution is 5.76. The molecular weight excluding hydrogens is 271 g/mol. The van der Waals surface area contributed by atoms with Crippen LogP contribution in [0.25, 0.3) is 0 Å². The van der Waals surface area contributed by atoms with Crippen molar-refractivity contribution in [1.29, 1.82) is 0 Å². The number of nitrogens with one attached hydrogen (secondary N) is 1. The Kier molecular flexibility index (Phi) is 5.43. The average molecular weight is 290 g/mol. The molecule has 1 N–H and O–H groups in total. The zero-order chi connectivity index (χ0) is 15.1. The fraction of sp³-hybridized carbons (Fsp3) is 0.400. The summed E-state index contributed by atoms with van der Waals surface area (Å²) < 4.78 is 14.8. The van der Waals surface area contributed by atoms with Gasteiger partial charge in [0.2, 0.25) is 5.91 Å². The summed E-state index contributed by atoms with van der Waals surface area (Å²) in [5.74, 6) is -0.0748. The number of hydrogen-bond acceptors (Lipinski definition) is 3. The number of aromatic nitrogens is 3. The lowest BCUT2D eigenvalue weighted by Crippen LogP contribution is -2.28. The molecule has 0 aliphatic heterocycles. The molecule has 6 heteroatoms. The van der Waals surface area contributed by atoms with Gasteiger partial charge in [0, 0.05) is 19.2 Å². The van der Waals surface area contributed by atoms with Crippen LogP contribution in [0, 0.1) is 11.7 Å². The van der Waals surface area contributed by atoms with E-state index in [1.165, 1.54) is 12.1 Å². The number of halogens is 1. The number of amides is 1. The van der Waals surface area contributed by atoms with Gasteiger partial charge in [-0.3, -0.25) is 9.48 Å². The molecule has 0 aliphatic carbocycles. The Bertz CT molecular complexity index is 571. The molecule has 2 rings (SSSR count). The van der Waals surface area contributed by atoms with Crippen LogP contribution >= 0.6 is 0 Å². The van der Waals surface area contributed by atoms with Gasteiger partial charge in [0.25, 0.3) is 0 Å². The Labute approximate surface area is 123 Å². The molecule has 1 unspecified atom stereocenters. The van der Waals surface area contributed by atoms with E-state index in [-0.39, 0.29) is 17.6 Å². The summed E-state index contributed by atoms with van der Waals surface area (Å²) in [7, 11) is 0. The van der Waals surface area contributed by atoms with E-state index in [0.717, 1.165) is 5.56 Å². The van der Waals surface area contributed by atoms with E-state index in [9.17, 15) is 9.18 Å². The number of nitrogens with zero attached hydrogens (tertiary/aromatic N) is 3. The summed E-state index contributed by atoms with van der Waals surface area (Å²) in [6, 6.07) is 6.50. The van der Waals surface area contributed by atoms with Crippen LogP contribution in [-0.4, -0.2) is 27.4 Å². The molecule has 0 aliphatic rings. The van der Waals surface area contributed by atoms with Crippen LogP contribution in [0.3, 0.4) is 0 Å². The average Bonchev–Trinajstić information content (AvgIpc) is 2.91. The van der Waals surface area contributed by atoms with E-state index in [0.29, 0.717) is 25.9 Å². The first-order valence-corrected chi connectivity index (χ1v) is 6.98. The maximum absolute atomic E-state index is 13.1. The Hall–Kier alpha value is -2.24. The topological polar surface area (TPSA) is 59.8 Å². The van der Waals surface area contributed by atoms with Gasteiger partial charge in [-0.25, -0.2) is 4.39 Å². The minimum atomic E-state index is -0.239. The lowest BCUT2D eigenvalue weighted by Gasteiger charge is -2.12. The van der Waals surface area contributed by atoms with E-state index < -0.39 is 0 Å². The van der Waals surface area contributed by atoms with Gasteiger partial charge in [0.05, 0.1) is 12.7 Å². The Balaban J connectivity index is 1.69. The molecule has 0 bridgehead atoms. The van der Waals surface area contributed by atoms with Crippen LogP contribution in [-0.2, 0) is 17.8 Å². The van der Waals surface area contributed by atoms with E-state index in [4.69, 9.17) is 0 Å². The van der Waals surface area contributed by atoms with E-state index >= 15 is 0 Å². The smallest absolute Gasteiger partial charge is 0.220 e. The van der Waals surface area contributed by atoms with Gasteiger partial charge in [-0.2, -0.15) is 0 Å². The lowest BCUT2D eigenvalue weighted by molar-refractivity contribution is -0.121. The van der Waals surface area contributed by atoms with Gasteiger partial charge in [0.1, 0.15) is 5.82 Å². The third-order valence-electron chi connectivity index (χ3n) is 3.14. The van der Waals surface area contributed by atoms with Gasteiger partial charge in [0.15, 0.2) is 0 Å². The minimum Gasteiger partial charge on any atom is -0.354 e. The minimum absolute atomic E-state index is 0.000909. The van der Waals surface area contributed by atoms with Crippen LogP contribution in [0.1, 0.15) is 18.9 Å². The maximum atomic E-state index is 13.1. The van der Waals surface area contributed by atoms with Crippen LogP contribution in [0.4, 0.5) is 4.39 Å². The second-order valence-electron chi connectivity index (χ2n) is 5.16. The molecule has 0 radical (unpaired) electrons. The zero-order valence-electron chi connectivity index (χ0n) is 12.0. The number of benzene rings is 1. The maximum Gasteiger partial charge on any atom is 0.220 e. The summed E-state index contributed by atoms with van der Waals surface area (Å²) in [6.07, 6.45) is 4.46. The van der Waals surface area contributed by atoms with Crippen LogP contribution in [0.15, 0.2) is 36.7 Å². The predicted octanol–water partition coefficient (Wildman–Crippen LogP) is 1.80. The Morgan fingerprint density at radius 3 is 3.05 bits per heavy atom. The van der Waals surface area contributed by atoms with Gasteiger partial charge in [-0.1, -0.05) is 24.3 Å². The largest absolute Gasteiger partial charge is 0.354 e. The quantitative estimate of drug-likeness (QED) is 0.846. The lowest BCUT2D eigenvalue weighted by atomic mass is 9.98. The molecule has 0 saturated carbocycles. The van der Waals surface area contributed by atoms with Gasteiger partial charge in [-0.05, 0) is 30.0 Å². The highest BCUT2D eigenvalue weighted by Crippen LogP contribution is 2.12. The molecule has 0 spiro atoms. The molecule has 21 heavy (non-hydrogen) atoms. The fourth-order valence-electron chi connectivity index (χ4n) is 2.19. The molecule has 0 saturated heterocycles. The second-order valence-corrected chi connectivity index (χ2v) is 5.16. The van der Waals surface area contributed by atoms with Crippen molar-refractivity contribution in [2.24, 2.45) is 5.92 Å². The summed E-state index contributed by atoms with van der Waals surface area (Å²) in [4.78, 5) is 11.8. The molecule has 1 amide bonds. The zero-order valence-corrected chi connectivity index (χ0v) is 12.0. The molecular formula is C15H19FN4O. The summed E-state index contributed by atoms with van der Waals surface area (Å²) in [6.45, 7) is 3.11. The van der Waals surface area contributed by atoms with E-state index in [2.05, 4.69) is 15.6 Å². The van der Waals surface area contributed by atoms with Crippen molar-refractivity contribution in [3.63, 3.8) is 0 Å². The Morgan fingerprint density at radius 2 is 2.33 bits per heavy atom. The molecule has 1 heterocycles. The van der Waals surface area contributed by atoms with Crippen molar-refractivity contribution in [3.05, 3.63) is 48.0 Å². The molecule has 2 aromatic rings. The Morgan fingerprint density at radius 1 is 1.48 bits per heavy atom. The fourth-order valence-corrected chi connectivity index (χ4v) is 2.19. The summed E-state index contributed by atoms with van der Waals surface area (Å²) in [5, 5.41) is 10.4. The van der Waals surface area contributed by atoms with Gasteiger partial charge in [-0.15, -0.1) is 5.10 Å². The van der Waals surface area contributed by atoms with Crippen molar-refractivity contribution < 1.29 is 9.18 Å². The number of hydrogen-bond donors (Lipinski definition) is 1. The monoisotopic (exact) mass is 290 g/mol. The second kappa shape index (κ2) is 7.52. The molecule has 1 aromatic heterocycles.